The molecule has 2 aliphatic rings. The minimum absolute atomic E-state index is 0.847. The molecule has 0 bridgehead atoms. The van der Waals surface area contributed by atoms with Gasteiger partial charge >= 0.3 is 0 Å². The van der Waals surface area contributed by atoms with Crippen LogP contribution < -0.4 is 9.80 Å². The Bertz CT molecular complexity index is 724. The standard InChI is InChI=1S/C18H18N4/c1-21-15-9-5-3-7-13(15)11-17(21)19-20-18-12-14-8-4-6-10-16(14)22(18)2/h3-10H,11-12H2,1-2H3/b19-17-,20-18+. The molecule has 0 N–H and O–H groups in total. The van der Waals surface area contributed by atoms with E-state index in [1.165, 1.54) is 22.5 Å². The molecule has 4 rings (SSSR count). The van der Waals surface area contributed by atoms with Gasteiger partial charge in [0.2, 0.25) is 0 Å². The Morgan fingerprint density at radius 2 is 1.09 bits per heavy atom. The Labute approximate surface area is 130 Å². The molecular formula is C18H18N4. The maximum Gasteiger partial charge on any atom is 0.136 e. The molecule has 0 amide bonds. The number of amidine groups is 2. The molecule has 0 fully saturated rings. The smallest absolute Gasteiger partial charge is 0.136 e. The van der Waals surface area contributed by atoms with E-state index < -0.39 is 0 Å². The summed E-state index contributed by atoms with van der Waals surface area (Å²) in [7, 11) is 4.11. The first-order valence-electron chi connectivity index (χ1n) is 7.50. The molecule has 0 saturated heterocycles. The number of para-hydroxylation sites is 2. The Balaban J connectivity index is 1.61. The van der Waals surface area contributed by atoms with Crippen LogP contribution in [-0.4, -0.2) is 25.8 Å². The Morgan fingerprint density at radius 3 is 1.50 bits per heavy atom. The van der Waals surface area contributed by atoms with Gasteiger partial charge < -0.3 is 9.80 Å². The lowest BCUT2D eigenvalue weighted by molar-refractivity contribution is 1.12. The normalized spacial score (nSPS) is 19.9. The lowest BCUT2D eigenvalue weighted by Crippen LogP contribution is -2.23. The fourth-order valence-electron chi connectivity index (χ4n) is 3.15. The van der Waals surface area contributed by atoms with Gasteiger partial charge in [-0.25, -0.2) is 0 Å². The summed E-state index contributed by atoms with van der Waals surface area (Å²) in [5, 5.41) is 9.05. The summed E-state index contributed by atoms with van der Waals surface area (Å²) in [6.45, 7) is 0. The fraction of sp³-hybridized carbons (Fsp3) is 0.222. The van der Waals surface area contributed by atoms with Gasteiger partial charge in [-0.2, -0.15) is 0 Å². The molecule has 2 aromatic carbocycles. The van der Waals surface area contributed by atoms with Crippen LogP contribution in [0.25, 0.3) is 0 Å². The Kier molecular flexibility index (Phi) is 2.96. The van der Waals surface area contributed by atoms with Gasteiger partial charge in [0.05, 0.1) is 0 Å². The monoisotopic (exact) mass is 290 g/mol. The van der Waals surface area contributed by atoms with Crippen molar-refractivity contribution >= 4 is 23.0 Å². The van der Waals surface area contributed by atoms with Crippen molar-refractivity contribution in [1.82, 2.24) is 0 Å². The van der Waals surface area contributed by atoms with Crippen molar-refractivity contribution in [1.29, 1.82) is 0 Å². The molecule has 2 heterocycles. The van der Waals surface area contributed by atoms with E-state index in [2.05, 4.69) is 82.6 Å². The van der Waals surface area contributed by atoms with Crippen LogP contribution in [-0.2, 0) is 12.8 Å². The number of anilines is 2. The summed E-state index contributed by atoms with van der Waals surface area (Å²) in [5.74, 6) is 2.00. The average molecular weight is 290 g/mol. The molecule has 0 radical (unpaired) electrons. The van der Waals surface area contributed by atoms with Crippen molar-refractivity contribution in [2.75, 3.05) is 23.9 Å². The summed E-state index contributed by atoms with van der Waals surface area (Å²) in [5.41, 5.74) is 5.08. The van der Waals surface area contributed by atoms with Crippen molar-refractivity contribution in [3.05, 3.63) is 59.7 Å². The number of likely N-dealkylation sites (N-methyl/N-ethyl adjacent to an activating group) is 2. The first-order valence-corrected chi connectivity index (χ1v) is 7.50. The second-order valence-corrected chi connectivity index (χ2v) is 5.76. The minimum Gasteiger partial charge on any atom is -0.331 e. The number of hydrogen-bond acceptors (Lipinski definition) is 2. The quantitative estimate of drug-likeness (QED) is 0.756. The van der Waals surface area contributed by atoms with Gasteiger partial charge in [0.15, 0.2) is 0 Å². The van der Waals surface area contributed by atoms with E-state index in [1.807, 2.05) is 0 Å². The largest absolute Gasteiger partial charge is 0.331 e. The van der Waals surface area contributed by atoms with Gasteiger partial charge in [0.25, 0.3) is 0 Å². The van der Waals surface area contributed by atoms with Crippen LogP contribution in [0, 0.1) is 0 Å². The summed E-state index contributed by atoms with van der Waals surface area (Å²) >= 11 is 0. The molecule has 110 valence electrons. The first-order chi connectivity index (χ1) is 10.7. The van der Waals surface area contributed by atoms with Crippen molar-refractivity contribution in [2.24, 2.45) is 10.2 Å². The number of benzene rings is 2. The van der Waals surface area contributed by atoms with E-state index in [9.17, 15) is 0 Å². The average Bonchev–Trinajstić information content (AvgIpc) is 3.04. The van der Waals surface area contributed by atoms with E-state index >= 15 is 0 Å². The molecule has 4 nitrogen and oxygen atoms in total. The van der Waals surface area contributed by atoms with Gasteiger partial charge in [-0.1, -0.05) is 36.4 Å². The maximum absolute atomic E-state index is 4.52. The molecule has 2 aliphatic heterocycles. The van der Waals surface area contributed by atoms with Crippen LogP contribution in [0.15, 0.2) is 58.7 Å². The predicted molar refractivity (Wildman–Crippen MR) is 92.0 cm³/mol. The van der Waals surface area contributed by atoms with E-state index in [1.54, 1.807) is 0 Å². The second kappa shape index (κ2) is 4.98. The zero-order valence-electron chi connectivity index (χ0n) is 12.8. The third-order valence-corrected chi connectivity index (χ3v) is 4.46. The molecule has 0 unspecified atom stereocenters. The van der Waals surface area contributed by atoms with E-state index in [0.717, 1.165) is 24.5 Å². The van der Waals surface area contributed by atoms with E-state index in [0.29, 0.717) is 0 Å². The Hall–Kier alpha value is -2.62. The second-order valence-electron chi connectivity index (χ2n) is 5.76. The molecule has 0 aromatic heterocycles. The van der Waals surface area contributed by atoms with Crippen molar-refractivity contribution in [3.63, 3.8) is 0 Å². The lowest BCUT2D eigenvalue weighted by atomic mass is 10.2. The molecule has 4 heteroatoms. The van der Waals surface area contributed by atoms with Crippen LogP contribution >= 0.6 is 0 Å². The summed E-state index contributed by atoms with van der Waals surface area (Å²) in [6, 6.07) is 16.8. The van der Waals surface area contributed by atoms with Crippen molar-refractivity contribution < 1.29 is 0 Å². The highest BCUT2D eigenvalue weighted by molar-refractivity contribution is 6.07. The van der Waals surface area contributed by atoms with Crippen LogP contribution in [0.3, 0.4) is 0 Å². The predicted octanol–water partition coefficient (Wildman–Crippen LogP) is 3.08. The van der Waals surface area contributed by atoms with Gasteiger partial charge in [-0.3, -0.25) is 0 Å². The van der Waals surface area contributed by atoms with Crippen LogP contribution in [0.1, 0.15) is 11.1 Å². The van der Waals surface area contributed by atoms with Crippen LogP contribution in [0.2, 0.25) is 0 Å². The molecule has 0 saturated carbocycles. The third kappa shape index (κ3) is 1.99. The summed E-state index contributed by atoms with van der Waals surface area (Å²) in [6.07, 6.45) is 1.69. The van der Waals surface area contributed by atoms with E-state index in [4.69, 9.17) is 0 Å². The molecule has 0 aliphatic carbocycles. The van der Waals surface area contributed by atoms with Gasteiger partial charge in [0.1, 0.15) is 11.7 Å². The maximum atomic E-state index is 4.52. The number of rotatable bonds is 1. The highest BCUT2D eigenvalue weighted by Crippen LogP contribution is 2.29. The van der Waals surface area contributed by atoms with Gasteiger partial charge in [-0.15, -0.1) is 10.2 Å². The van der Waals surface area contributed by atoms with Gasteiger partial charge in [0, 0.05) is 38.3 Å². The number of hydrogen-bond donors (Lipinski definition) is 0. The van der Waals surface area contributed by atoms with Gasteiger partial charge in [-0.05, 0) is 23.3 Å². The zero-order valence-corrected chi connectivity index (χ0v) is 12.8. The molecule has 0 spiro atoms. The number of nitrogens with zero attached hydrogens (tertiary/aromatic N) is 4. The third-order valence-electron chi connectivity index (χ3n) is 4.46. The van der Waals surface area contributed by atoms with E-state index in [-0.39, 0.29) is 0 Å². The SMILES string of the molecule is CN1/C(=N\N=C2/Cc3ccccc3N2C)Cc2ccccc21. The summed E-state index contributed by atoms with van der Waals surface area (Å²) < 4.78 is 0. The van der Waals surface area contributed by atoms with Crippen molar-refractivity contribution in [3.8, 4) is 0 Å². The minimum atomic E-state index is 0.847. The highest BCUT2D eigenvalue weighted by Gasteiger charge is 2.24. The first kappa shape index (κ1) is 13.1. The fourth-order valence-corrected chi connectivity index (χ4v) is 3.15. The van der Waals surface area contributed by atoms with Crippen molar-refractivity contribution in [2.45, 2.75) is 12.8 Å². The zero-order chi connectivity index (χ0) is 15.1. The van der Waals surface area contributed by atoms with Crippen LogP contribution in [0.5, 0.6) is 0 Å². The Morgan fingerprint density at radius 1 is 0.682 bits per heavy atom. The highest BCUT2D eigenvalue weighted by atomic mass is 15.4. The molecule has 2 aromatic rings. The summed E-state index contributed by atoms with van der Waals surface area (Å²) in [4.78, 5) is 4.25. The van der Waals surface area contributed by atoms with Crippen LogP contribution in [0.4, 0.5) is 11.4 Å². The topological polar surface area (TPSA) is 31.2 Å². The molecular weight excluding hydrogens is 272 g/mol. The lowest BCUT2D eigenvalue weighted by Gasteiger charge is -2.14. The number of fused-ring (bicyclic) bond motifs is 2. The molecule has 0 atom stereocenters. The molecule has 22 heavy (non-hydrogen) atoms.